The van der Waals surface area contributed by atoms with E-state index in [9.17, 15) is 0 Å². The van der Waals surface area contributed by atoms with Crippen LogP contribution in [0.2, 0.25) is 0 Å². The molecule has 0 aromatic heterocycles. The van der Waals surface area contributed by atoms with Crippen molar-refractivity contribution in [2.24, 2.45) is 0 Å². The molecule has 0 spiro atoms. The molecule has 1 fully saturated rings. The van der Waals surface area contributed by atoms with E-state index >= 15 is 0 Å². The maximum atomic E-state index is 5.92. The Balaban J connectivity index is 2.29. The molecule has 3 nitrogen and oxygen atoms in total. The van der Waals surface area contributed by atoms with Crippen molar-refractivity contribution in [3.05, 3.63) is 18.2 Å². The monoisotopic (exact) mass is 235 g/mol. The zero-order chi connectivity index (χ0) is 12.4. The van der Waals surface area contributed by atoms with Gasteiger partial charge in [0.1, 0.15) is 17.2 Å². The molecule has 17 heavy (non-hydrogen) atoms. The molecule has 1 aliphatic rings. The zero-order valence-electron chi connectivity index (χ0n) is 11.1. The number of benzene rings is 1. The quantitative estimate of drug-likeness (QED) is 0.783. The van der Waals surface area contributed by atoms with Crippen LogP contribution in [0.4, 0.5) is 5.69 Å². The Morgan fingerprint density at radius 2 is 1.82 bits per heavy atom. The average Bonchev–Trinajstić information content (AvgIpc) is 3.00. The molecular weight excluding hydrogens is 214 g/mol. The lowest BCUT2D eigenvalue weighted by atomic mass is 10.2. The Hall–Kier alpha value is -1.38. The van der Waals surface area contributed by atoms with Crippen LogP contribution in [0.15, 0.2) is 18.2 Å². The Labute approximate surface area is 103 Å². The van der Waals surface area contributed by atoms with Gasteiger partial charge in [0.05, 0.1) is 12.2 Å². The van der Waals surface area contributed by atoms with Gasteiger partial charge in [-0.05, 0) is 38.8 Å². The van der Waals surface area contributed by atoms with Crippen LogP contribution < -0.4 is 14.4 Å². The van der Waals surface area contributed by atoms with Crippen molar-refractivity contribution in [3.63, 3.8) is 0 Å². The Morgan fingerprint density at radius 3 is 2.35 bits per heavy atom. The summed E-state index contributed by atoms with van der Waals surface area (Å²) in [6.45, 7) is 4.07. The maximum Gasteiger partial charge on any atom is 0.146 e. The minimum atomic E-state index is 0.171. The van der Waals surface area contributed by atoms with Crippen LogP contribution >= 0.6 is 0 Å². The highest BCUT2D eigenvalue weighted by molar-refractivity contribution is 5.67. The summed E-state index contributed by atoms with van der Waals surface area (Å²) in [6, 6.07) is 6.00. The molecule has 2 rings (SSSR count). The van der Waals surface area contributed by atoms with Gasteiger partial charge < -0.3 is 14.4 Å². The Bertz CT molecular complexity index is 362. The van der Waals surface area contributed by atoms with E-state index in [0.717, 1.165) is 17.2 Å². The van der Waals surface area contributed by atoms with Crippen LogP contribution in [0.3, 0.4) is 0 Å². The molecule has 1 aromatic carbocycles. The lowest BCUT2D eigenvalue weighted by molar-refractivity contribution is 0.240. The smallest absolute Gasteiger partial charge is 0.146 e. The van der Waals surface area contributed by atoms with E-state index in [1.165, 1.54) is 12.8 Å². The summed E-state index contributed by atoms with van der Waals surface area (Å²) in [4.78, 5) is 2.05. The first-order valence-electron chi connectivity index (χ1n) is 6.21. The summed E-state index contributed by atoms with van der Waals surface area (Å²) >= 11 is 0. The number of ether oxygens (including phenoxy) is 2. The Kier molecular flexibility index (Phi) is 3.46. The van der Waals surface area contributed by atoms with Crippen molar-refractivity contribution in [1.82, 2.24) is 0 Å². The van der Waals surface area contributed by atoms with E-state index in [1.54, 1.807) is 0 Å². The van der Waals surface area contributed by atoms with E-state index in [1.807, 2.05) is 46.1 Å². The minimum Gasteiger partial charge on any atom is -0.489 e. The van der Waals surface area contributed by atoms with Gasteiger partial charge in [0, 0.05) is 14.1 Å². The second kappa shape index (κ2) is 4.86. The summed E-state index contributed by atoms with van der Waals surface area (Å²) in [7, 11) is 4.03. The molecule has 0 atom stereocenters. The van der Waals surface area contributed by atoms with Crippen LogP contribution in [0.1, 0.15) is 26.7 Å². The van der Waals surface area contributed by atoms with Crippen LogP contribution in [0, 0.1) is 0 Å². The van der Waals surface area contributed by atoms with E-state index < -0.39 is 0 Å². The first kappa shape index (κ1) is 12.1. The van der Waals surface area contributed by atoms with E-state index in [-0.39, 0.29) is 6.10 Å². The van der Waals surface area contributed by atoms with Gasteiger partial charge in [-0.15, -0.1) is 0 Å². The average molecular weight is 235 g/mol. The van der Waals surface area contributed by atoms with Crippen molar-refractivity contribution >= 4 is 5.69 Å². The standard InChI is InChI=1S/C14H21NO2/c1-10(2)16-12-6-5-7-13(14(12)15(3)4)17-11-8-9-11/h5-7,10-11H,8-9H2,1-4H3. The predicted octanol–water partition coefficient (Wildman–Crippen LogP) is 3.08. The van der Waals surface area contributed by atoms with E-state index in [2.05, 4.69) is 4.90 Å². The lowest BCUT2D eigenvalue weighted by Gasteiger charge is -2.22. The van der Waals surface area contributed by atoms with Gasteiger partial charge in [0.2, 0.25) is 0 Å². The van der Waals surface area contributed by atoms with Crippen molar-refractivity contribution in [2.45, 2.75) is 38.9 Å². The molecule has 0 N–H and O–H groups in total. The summed E-state index contributed by atoms with van der Waals surface area (Å²) in [5.74, 6) is 1.82. The maximum absolute atomic E-state index is 5.92. The van der Waals surface area contributed by atoms with Crippen LogP contribution in [0.5, 0.6) is 11.5 Å². The molecule has 0 saturated heterocycles. The molecule has 3 heteroatoms. The van der Waals surface area contributed by atoms with Crippen LogP contribution in [-0.4, -0.2) is 26.3 Å². The van der Waals surface area contributed by atoms with Crippen LogP contribution in [-0.2, 0) is 0 Å². The highest BCUT2D eigenvalue weighted by Gasteiger charge is 2.26. The second-order valence-electron chi connectivity index (χ2n) is 4.98. The Morgan fingerprint density at radius 1 is 1.18 bits per heavy atom. The zero-order valence-corrected chi connectivity index (χ0v) is 11.1. The van der Waals surface area contributed by atoms with Crippen molar-refractivity contribution in [2.75, 3.05) is 19.0 Å². The molecule has 0 amide bonds. The van der Waals surface area contributed by atoms with E-state index in [4.69, 9.17) is 9.47 Å². The van der Waals surface area contributed by atoms with Gasteiger partial charge in [0.25, 0.3) is 0 Å². The van der Waals surface area contributed by atoms with Crippen molar-refractivity contribution < 1.29 is 9.47 Å². The molecule has 0 unspecified atom stereocenters. The number of hydrogen-bond donors (Lipinski definition) is 0. The van der Waals surface area contributed by atoms with Gasteiger partial charge in [-0.3, -0.25) is 0 Å². The molecule has 0 heterocycles. The third-order valence-electron chi connectivity index (χ3n) is 2.59. The first-order valence-corrected chi connectivity index (χ1v) is 6.21. The predicted molar refractivity (Wildman–Crippen MR) is 70.2 cm³/mol. The van der Waals surface area contributed by atoms with Crippen molar-refractivity contribution in [3.8, 4) is 11.5 Å². The third-order valence-corrected chi connectivity index (χ3v) is 2.59. The van der Waals surface area contributed by atoms with Gasteiger partial charge in [-0.25, -0.2) is 0 Å². The van der Waals surface area contributed by atoms with Gasteiger partial charge in [-0.2, -0.15) is 0 Å². The summed E-state index contributed by atoms with van der Waals surface area (Å²) in [5.41, 5.74) is 1.04. The fraction of sp³-hybridized carbons (Fsp3) is 0.571. The third kappa shape index (κ3) is 3.05. The lowest BCUT2D eigenvalue weighted by Crippen LogP contribution is -2.15. The number of para-hydroxylation sites is 1. The molecule has 1 saturated carbocycles. The summed E-state index contributed by atoms with van der Waals surface area (Å²) in [5, 5.41) is 0. The number of rotatable bonds is 5. The van der Waals surface area contributed by atoms with Gasteiger partial charge in [0.15, 0.2) is 0 Å². The molecule has 0 aliphatic heterocycles. The highest BCUT2D eigenvalue weighted by Crippen LogP contribution is 2.40. The van der Waals surface area contributed by atoms with Gasteiger partial charge in [-0.1, -0.05) is 6.07 Å². The van der Waals surface area contributed by atoms with Crippen LogP contribution in [0.25, 0.3) is 0 Å². The number of nitrogens with zero attached hydrogens (tertiary/aromatic N) is 1. The second-order valence-corrected chi connectivity index (χ2v) is 4.98. The fourth-order valence-corrected chi connectivity index (χ4v) is 1.75. The molecular formula is C14H21NO2. The van der Waals surface area contributed by atoms with Crippen molar-refractivity contribution in [1.29, 1.82) is 0 Å². The molecule has 1 aliphatic carbocycles. The largest absolute Gasteiger partial charge is 0.489 e. The topological polar surface area (TPSA) is 21.7 Å². The molecule has 0 radical (unpaired) electrons. The molecule has 1 aromatic rings. The van der Waals surface area contributed by atoms with E-state index in [0.29, 0.717) is 6.10 Å². The normalized spacial score (nSPS) is 14.9. The first-order chi connectivity index (χ1) is 8.08. The number of anilines is 1. The fourth-order valence-electron chi connectivity index (χ4n) is 1.75. The summed E-state index contributed by atoms with van der Waals surface area (Å²) in [6.07, 6.45) is 2.91. The highest BCUT2D eigenvalue weighted by atomic mass is 16.5. The SMILES string of the molecule is CC(C)Oc1cccc(OC2CC2)c1N(C)C. The summed E-state index contributed by atoms with van der Waals surface area (Å²) < 4.78 is 11.7. The minimum absolute atomic E-state index is 0.171. The molecule has 94 valence electrons. The van der Waals surface area contributed by atoms with Gasteiger partial charge >= 0.3 is 0 Å². The number of hydrogen-bond acceptors (Lipinski definition) is 3. The molecule has 0 bridgehead atoms.